The number of nitrogens with one attached hydrogen (secondary N) is 2. The van der Waals surface area contributed by atoms with Gasteiger partial charge in [-0.2, -0.15) is 0 Å². The lowest BCUT2D eigenvalue weighted by molar-refractivity contribution is 1.34. The first kappa shape index (κ1) is 15.7. The fourth-order valence-electron chi connectivity index (χ4n) is 3.36. The van der Waals surface area contributed by atoms with E-state index in [1.54, 1.807) is 22.7 Å². The van der Waals surface area contributed by atoms with E-state index in [9.17, 15) is 0 Å². The van der Waals surface area contributed by atoms with Crippen LogP contribution < -0.4 is 0 Å². The molecule has 0 amide bonds. The lowest BCUT2D eigenvalue weighted by Crippen LogP contribution is -1.79. The van der Waals surface area contributed by atoms with Gasteiger partial charge in [0.25, 0.3) is 0 Å². The van der Waals surface area contributed by atoms with Crippen LogP contribution in [0.25, 0.3) is 54.6 Å². The number of H-pyrrole nitrogens is 2. The summed E-state index contributed by atoms with van der Waals surface area (Å²) in [4.78, 5) is 22.5. The summed E-state index contributed by atoms with van der Waals surface area (Å²) in [7, 11) is 0. The van der Waals surface area contributed by atoms with Crippen LogP contribution in [0.3, 0.4) is 0 Å². The largest absolute Gasteiger partial charge is 0.337 e. The molecule has 0 saturated carbocycles. The standard InChI is InChI=1S/C21H13N5S2/c1-2-18(27-7-1)20-23-14-5-3-12(8-16(14)25-20)13-4-6-15-17(9-13)26-21(24-15)19-10-22-11-28-19/h1-11H,(H,23,25)(H,24,26). The molecule has 2 aromatic carbocycles. The molecule has 0 spiro atoms. The highest BCUT2D eigenvalue weighted by Crippen LogP contribution is 2.30. The highest BCUT2D eigenvalue weighted by Gasteiger charge is 2.10. The molecule has 4 aromatic heterocycles. The van der Waals surface area contributed by atoms with E-state index in [2.05, 4.69) is 67.8 Å². The molecular formula is C21H13N5S2. The normalized spacial score (nSPS) is 11.6. The van der Waals surface area contributed by atoms with Crippen molar-refractivity contribution in [3.63, 3.8) is 0 Å². The number of rotatable bonds is 3. The van der Waals surface area contributed by atoms with E-state index in [0.717, 1.165) is 54.6 Å². The number of imidazole rings is 2. The monoisotopic (exact) mass is 399 g/mol. The third-order valence-electron chi connectivity index (χ3n) is 4.72. The first-order valence-corrected chi connectivity index (χ1v) is 10.5. The Bertz CT molecular complexity index is 1300. The third-order valence-corrected chi connectivity index (χ3v) is 6.37. The van der Waals surface area contributed by atoms with Gasteiger partial charge in [0.2, 0.25) is 0 Å². The Balaban J connectivity index is 1.42. The van der Waals surface area contributed by atoms with E-state index in [1.807, 2.05) is 17.8 Å². The molecule has 6 aromatic rings. The second-order valence-electron chi connectivity index (χ2n) is 6.48. The van der Waals surface area contributed by atoms with Gasteiger partial charge in [-0.05, 0) is 46.8 Å². The zero-order valence-corrected chi connectivity index (χ0v) is 16.1. The molecule has 0 aliphatic heterocycles. The number of fused-ring (bicyclic) bond motifs is 2. The summed E-state index contributed by atoms with van der Waals surface area (Å²) >= 11 is 3.27. The van der Waals surface area contributed by atoms with Gasteiger partial charge in [0.1, 0.15) is 11.6 Å². The fourth-order valence-corrected chi connectivity index (χ4v) is 4.59. The highest BCUT2D eigenvalue weighted by atomic mass is 32.1. The topological polar surface area (TPSA) is 70.2 Å². The zero-order valence-electron chi connectivity index (χ0n) is 14.5. The van der Waals surface area contributed by atoms with Gasteiger partial charge in [0.05, 0.1) is 37.3 Å². The average Bonchev–Trinajstić information content (AvgIpc) is 3.52. The van der Waals surface area contributed by atoms with Crippen molar-refractivity contribution >= 4 is 44.7 Å². The maximum Gasteiger partial charge on any atom is 0.150 e. The summed E-state index contributed by atoms with van der Waals surface area (Å²) in [5, 5.41) is 2.06. The number of aromatic nitrogens is 5. The summed E-state index contributed by atoms with van der Waals surface area (Å²) in [6, 6.07) is 16.8. The van der Waals surface area contributed by atoms with Crippen molar-refractivity contribution in [2.45, 2.75) is 0 Å². The Hall–Kier alpha value is -3.29. The predicted octanol–water partition coefficient (Wildman–Crippen LogP) is 5.96. The number of benzene rings is 2. The Labute approximate surface area is 167 Å². The minimum atomic E-state index is 0.860. The van der Waals surface area contributed by atoms with E-state index in [0.29, 0.717) is 0 Å². The summed E-state index contributed by atoms with van der Waals surface area (Å²) in [5.41, 5.74) is 8.08. The van der Waals surface area contributed by atoms with Gasteiger partial charge in [-0.15, -0.1) is 22.7 Å². The third kappa shape index (κ3) is 2.56. The quantitative estimate of drug-likeness (QED) is 0.386. The molecule has 0 aliphatic rings. The van der Waals surface area contributed by atoms with Crippen LogP contribution in [0.1, 0.15) is 0 Å². The maximum absolute atomic E-state index is 4.71. The summed E-state index contributed by atoms with van der Waals surface area (Å²) in [6.45, 7) is 0. The van der Waals surface area contributed by atoms with E-state index < -0.39 is 0 Å². The van der Waals surface area contributed by atoms with Gasteiger partial charge in [-0.25, -0.2) is 9.97 Å². The number of hydrogen-bond donors (Lipinski definition) is 2. The lowest BCUT2D eigenvalue weighted by Gasteiger charge is -2.01. The van der Waals surface area contributed by atoms with Gasteiger partial charge in [0.15, 0.2) is 0 Å². The van der Waals surface area contributed by atoms with Crippen LogP contribution in [0.5, 0.6) is 0 Å². The van der Waals surface area contributed by atoms with Gasteiger partial charge in [-0.1, -0.05) is 18.2 Å². The van der Waals surface area contributed by atoms with Crippen LogP contribution in [0.4, 0.5) is 0 Å². The molecule has 0 saturated heterocycles. The molecule has 5 nitrogen and oxygen atoms in total. The van der Waals surface area contributed by atoms with Crippen LogP contribution >= 0.6 is 22.7 Å². The molecule has 0 fully saturated rings. The maximum atomic E-state index is 4.71. The fraction of sp³-hybridized carbons (Fsp3) is 0. The lowest BCUT2D eigenvalue weighted by atomic mass is 10.0. The Kier molecular flexibility index (Phi) is 3.44. The molecular weight excluding hydrogens is 386 g/mol. The Morgan fingerprint density at radius 3 is 1.96 bits per heavy atom. The van der Waals surface area contributed by atoms with Crippen LogP contribution in [-0.2, 0) is 0 Å². The summed E-state index contributed by atoms with van der Waals surface area (Å²) in [5.74, 6) is 1.78. The number of aromatic amines is 2. The summed E-state index contributed by atoms with van der Waals surface area (Å²) in [6.07, 6.45) is 1.83. The summed E-state index contributed by atoms with van der Waals surface area (Å²) < 4.78 is 0. The Morgan fingerprint density at radius 2 is 1.39 bits per heavy atom. The van der Waals surface area contributed by atoms with Crippen LogP contribution in [0, 0.1) is 0 Å². The zero-order chi connectivity index (χ0) is 18.5. The molecule has 0 bridgehead atoms. The van der Waals surface area contributed by atoms with Crippen molar-refractivity contribution in [3.8, 4) is 32.5 Å². The van der Waals surface area contributed by atoms with E-state index in [4.69, 9.17) is 4.98 Å². The van der Waals surface area contributed by atoms with Gasteiger partial charge < -0.3 is 9.97 Å². The molecule has 28 heavy (non-hydrogen) atoms. The number of thiazole rings is 1. The minimum Gasteiger partial charge on any atom is -0.337 e. The second-order valence-corrected chi connectivity index (χ2v) is 8.31. The van der Waals surface area contributed by atoms with E-state index >= 15 is 0 Å². The average molecular weight is 400 g/mol. The minimum absolute atomic E-state index is 0.860. The van der Waals surface area contributed by atoms with Gasteiger partial charge >= 0.3 is 0 Å². The van der Waals surface area contributed by atoms with Gasteiger partial charge in [-0.3, -0.25) is 4.98 Å². The second kappa shape index (κ2) is 6.12. The molecule has 0 aliphatic carbocycles. The predicted molar refractivity (Wildman–Crippen MR) is 116 cm³/mol. The van der Waals surface area contributed by atoms with Crippen molar-refractivity contribution in [1.82, 2.24) is 24.9 Å². The molecule has 7 heteroatoms. The molecule has 134 valence electrons. The number of thiophene rings is 1. The van der Waals surface area contributed by atoms with Crippen molar-refractivity contribution in [3.05, 3.63) is 65.6 Å². The molecule has 2 N–H and O–H groups in total. The van der Waals surface area contributed by atoms with Crippen LogP contribution in [0.15, 0.2) is 65.6 Å². The Morgan fingerprint density at radius 1 is 0.714 bits per heavy atom. The van der Waals surface area contributed by atoms with Crippen LogP contribution in [-0.4, -0.2) is 24.9 Å². The van der Waals surface area contributed by atoms with Crippen molar-refractivity contribution in [2.24, 2.45) is 0 Å². The number of hydrogen-bond acceptors (Lipinski definition) is 5. The van der Waals surface area contributed by atoms with Gasteiger partial charge in [0, 0.05) is 6.20 Å². The van der Waals surface area contributed by atoms with Crippen molar-refractivity contribution < 1.29 is 0 Å². The van der Waals surface area contributed by atoms with E-state index in [-0.39, 0.29) is 0 Å². The van der Waals surface area contributed by atoms with Crippen molar-refractivity contribution in [2.75, 3.05) is 0 Å². The smallest absolute Gasteiger partial charge is 0.150 e. The molecule has 6 rings (SSSR count). The molecule has 4 heterocycles. The number of nitrogens with zero attached hydrogens (tertiary/aromatic N) is 3. The SMILES string of the molecule is c1csc(-c2nc3ccc(-c4ccc5nc(-c6cncs6)[nH]c5c4)cc3[nH]2)c1. The van der Waals surface area contributed by atoms with Crippen LogP contribution in [0.2, 0.25) is 0 Å². The first-order valence-electron chi connectivity index (χ1n) is 8.76. The van der Waals surface area contributed by atoms with Crippen molar-refractivity contribution in [1.29, 1.82) is 0 Å². The first-order chi connectivity index (χ1) is 13.8. The molecule has 0 radical (unpaired) electrons. The molecule has 0 unspecified atom stereocenters. The molecule has 0 atom stereocenters. The highest BCUT2D eigenvalue weighted by molar-refractivity contribution is 7.13. The van der Waals surface area contributed by atoms with E-state index in [1.165, 1.54) is 0 Å².